The predicted octanol–water partition coefficient (Wildman–Crippen LogP) is 2.35. The number of unbranched alkanes of at least 4 members (excludes halogenated alkanes) is 1. The van der Waals surface area contributed by atoms with Gasteiger partial charge < -0.3 is 5.73 Å². The van der Waals surface area contributed by atoms with E-state index in [9.17, 15) is 4.79 Å². The molecule has 1 rings (SSSR count). The molecule has 16 heavy (non-hydrogen) atoms. The minimum absolute atomic E-state index is 0. The van der Waals surface area contributed by atoms with E-state index in [-0.39, 0.29) is 12.4 Å². The molecule has 0 heterocycles. The first kappa shape index (κ1) is 14.7. The van der Waals surface area contributed by atoms with Crippen molar-refractivity contribution < 1.29 is 9.63 Å². The van der Waals surface area contributed by atoms with Gasteiger partial charge in [-0.15, -0.1) is 12.4 Å². The lowest BCUT2D eigenvalue weighted by Crippen LogP contribution is -2.14. The number of primary amides is 1. The Bertz CT molecular complexity index is 332. The van der Waals surface area contributed by atoms with E-state index in [4.69, 9.17) is 10.6 Å². The molecule has 0 fully saturated rings. The molecule has 5 heteroatoms. The lowest BCUT2D eigenvalue weighted by atomic mass is 10.2. The molecule has 0 radical (unpaired) electrons. The van der Waals surface area contributed by atoms with Gasteiger partial charge in [-0.2, -0.15) is 0 Å². The number of hydrogen-bond acceptors (Lipinski definition) is 3. The summed E-state index contributed by atoms with van der Waals surface area (Å²) in [5.74, 6) is -0.461. The largest absolute Gasteiger partial charge is 0.366 e. The van der Waals surface area contributed by atoms with E-state index in [0.29, 0.717) is 17.9 Å². The summed E-state index contributed by atoms with van der Waals surface area (Å²) < 4.78 is 0. The SMILES string of the molecule is CCCCONc1ccccc1C(N)=O.Cl. The Morgan fingerprint density at radius 2 is 2.12 bits per heavy atom. The maximum Gasteiger partial charge on any atom is 0.250 e. The topological polar surface area (TPSA) is 64.3 Å². The molecule has 4 nitrogen and oxygen atoms in total. The highest BCUT2D eigenvalue weighted by atomic mass is 35.5. The minimum atomic E-state index is -0.461. The molecule has 0 aliphatic heterocycles. The van der Waals surface area contributed by atoms with Crippen LogP contribution < -0.4 is 11.2 Å². The molecular formula is C11H17ClN2O2. The van der Waals surface area contributed by atoms with Crippen LogP contribution in [0.3, 0.4) is 0 Å². The summed E-state index contributed by atoms with van der Waals surface area (Å²) in [5, 5.41) is 0. The Kier molecular flexibility index (Phi) is 7.33. The molecule has 0 saturated carbocycles. The van der Waals surface area contributed by atoms with Gasteiger partial charge in [0.1, 0.15) is 0 Å². The van der Waals surface area contributed by atoms with E-state index in [1.165, 1.54) is 0 Å². The van der Waals surface area contributed by atoms with Gasteiger partial charge in [0.25, 0.3) is 5.91 Å². The highest BCUT2D eigenvalue weighted by Crippen LogP contribution is 2.13. The van der Waals surface area contributed by atoms with E-state index in [2.05, 4.69) is 12.4 Å². The first-order valence-electron chi connectivity index (χ1n) is 5.02. The van der Waals surface area contributed by atoms with Crippen LogP contribution in [0.4, 0.5) is 5.69 Å². The molecule has 0 aromatic heterocycles. The molecule has 0 aliphatic rings. The van der Waals surface area contributed by atoms with Crippen molar-refractivity contribution in [2.45, 2.75) is 19.8 Å². The number of amides is 1. The van der Waals surface area contributed by atoms with Crippen LogP contribution in [0.15, 0.2) is 24.3 Å². The molecule has 0 aliphatic carbocycles. The van der Waals surface area contributed by atoms with Crippen molar-refractivity contribution in [2.24, 2.45) is 5.73 Å². The van der Waals surface area contributed by atoms with Crippen molar-refractivity contribution in [3.63, 3.8) is 0 Å². The smallest absolute Gasteiger partial charge is 0.250 e. The van der Waals surface area contributed by atoms with Gasteiger partial charge in [-0.1, -0.05) is 25.5 Å². The maximum absolute atomic E-state index is 11.0. The van der Waals surface area contributed by atoms with Gasteiger partial charge >= 0.3 is 0 Å². The van der Waals surface area contributed by atoms with Crippen LogP contribution in [-0.2, 0) is 4.84 Å². The summed E-state index contributed by atoms with van der Waals surface area (Å²) in [6, 6.07) is 7.00. The highest BCUT2D eigenvalue weighted by molar-refractivity contribution is 5.98. The Hall–Kier alpha value is -1.26. The molecule has 0 atom stereocenters. The molecule has 0 bridgehead atoms. The van der Waals surface area contributed by atoms with Crippen molar-refractivity contribution in [1.82, 2.24) is 0 Å². The molecule has 0 unspecified atom stereocenters. The fraction of sp³-hybridized carbons (Fsp3) is 0.364. The number of halogens is 1. The van der Waals surface area contributed by atoms with Gasteiger partial charge in [-0.25, -0.2) is 0 Å². The molecule has 0 spiro atoms. The van der Waals surface area contributed by atoms with Gasteiger partial charge in [-0.3, -0.25) is 15.1 Å². The van der Waals surface area contributed by atoms with Crippen LogP contribution >= 0.6 is 12.4 Å². The molecule has 0 saturated heterocycles. The van der Waals surface area contributed by atoms with Crippen molar-refractivity contribution in [3.8, 4) is 0 Å². The minimum Gasteiger partial charge on any atom is -0.366 e. The zero-order valence-electron chi connectivity index (χ0n) is 9.23. The molecule has 1 aromatic carbocycles. The Labute approximate surface area is 102 Å². The third-order valence-corrected chi connectivity index (χ3v) is 1.97. The summed E-state index contributed by atoms with van der Waals surface area (Å²) in [5.41, 5.74) is 8.99. The first-order valence-corrected chi connectivity index (χ1v) is 5.02. The Morgan fingerprint density at radius 3 is 2.75 bits per heavy atom. The van der Waals surface area contributed by atoms with E-state index in [1.54, 1.807) is 18.2 Å². The van der Waals surface area contributed by atoms with Crippen LogP contribution in [-0.4, -0.2) is 12.5 Å². The van der Waals surface area contributed by atoms with Crippen LogP contribution in [0.1, 0.15) is 30.1 Å². The second-order valence-corrected chi connectivity index (χ2v) is 3.21. The monoisotopic (exact) mass is 244 g/mol. The number of rotatable bonds is 6. The standard InChI is InChI=1S/C11H16N2O2.ClH/c1-2-3-8-15-13-10-7-5-4-6-9(10)11(12)14;/h4-7,13H,2-3,8H2,1H3,(H2,12,14);1H. The Balaban J connectivity index is 0.00000225. The third kappa shape index (κ3) is 4.51. The van der Waals surface area contributed by atoms with Crippen LogP contribution in [0.25, 0.3) is 0 Å². The number of benzene rings is 1. The molecule has 90 valence electrons. The lowest BCUT2D eigenvalue weighted by Gasteiger charge is -2.09. The summed E-state index contributed by atoms with van der Waals surface area (Å²) in [7, 11) is 0. The van der Waals surface area contributed by atoms with Crippen molar-refractivity contribution in [1.29, 1.82) is 0 Å². The van der Waals surface area contributed by atoms with Crippen LogP contribution in [0, 0.1) is 0 Å². The number of nitrogens with one attached hydrogen (secondary N) is 1. The fourth-order valence-electron chi connectivity index (χ4n) is 1.13. The number of nitrogens with two attached hydrogens (primary N) is 1. The average molecular weight is 245 g/mol. The van der Waals surface area contributed by atoms with Crippen molar-refractivity contribution in [3.05, 3.63) is 29.8 Å². The quantitative estimate of drug-likeness (QED) is 0.596. The normalized spacial score (nSPS) is 9.31. The van der Waals surface area contributed by atoms with E-state index in [1.807, 2.05) is 6.07 Å². The molecule has 1 aromatic rings. The first-order chi connectivity index (χ1) is 7.25. The van der Waals surface area contributed by atoms with Crippen LogP contribution in [0.5, 0.6) is 0 Å². The van der Waals surface area contributed by atoms with Gasteiger partial charge in [0.05, 0.1) is 17.9 Å². The lowest BCUT2D eigenvalue weighted by molar-refractivity contribution is 0.0999. The highest BCUT2D eigenvalue weighted by Gasteiger charge is 2.05. The van der Waals surface area contributed by atoms with E-state index in [0.717, 1.165) is 12.8 Å². The third-order valence-electron chi connectivity index (χ3n) is 1.97. The molecule has 3 N–H and O–H groups in total. The average Bonchev–Trinajstić information content (AvgIpc) is 2.25. The van der Waals surface area contributed by atoms with Gasteiger partial charge in [0.2, 0.25) is 0 Å². The summed E-state index contributed by atoms with van der Waals surface area (Å²) in [4.78, 5) is 16.2. The second-order valence-electron chi connectivity index (χ2n) is 3.21. The molecular weight excluding hydrogens is 228 g/mol. The maximum atomic E-state index is 11.0. The van der Waals surface area contributed by atoms with Crippen molar-refractivity contribution >= 4 is 24.0 Å². The predicted molar refractivity (Wildman–Crippen MR) is 66.7 cm³/mol. The fourth-order valence-corrected chi connectivity index (χ4v) is 1.13. The Morgan fingerprint density at radius 1 is 1.44 bits per heavy atom. The summed E-state index contributed by atoms with van der Waals surface area (Å²) in [6.07, 6.45) is 2.05. The second kappa shape index (κ2) is 7.96. The number of carbonyl (C=O) groups excluding carboxylic acids is 1. The van der Waals surface area contributed by atoms with Gasteiger partial charge in [-0.05, 0) is 18.6 Å². The zero-order valence-corrected chi connectivity index (χ0v) is 10.0. The van der Waals surface area contributed by atoms with Crippen LogP contribution in [0.2, 0.25) is 0 Å². The van der Waals surface area contributed by atoms with Gasteiger partial charge in [0, 0.05) is 0 Å². The zero-order chi connectivity index (χ0) is 11.1. The van der Waals surface area contributed by atoms with E-state index < -0.39 is 5.91 Å². The number of anilines is 1. The van der Waals surface area contributed by atoms with E-state index >= 15 is 0 Å². The summed E-state index contributed by atoms with van der Waals surface area (Å²) >= 11 is 0. The van der Waals surface area contributed by atoms with Gasteiger partial charge in [0.15, 0.2) is 0 Å². The molecule has 1 amide bonds. The number of carbonyl (C=O) groups is 1. The number of hydrogen-bond donors (Lipinski definition) is 2. The van der Waals surface area contributed by atoms with Crippen molar-refractivity contribution in [2.75, 3.05) is 12.1 Å². The summed E-state index contributed by atoms with van der Waals surface area (Å²) in [6.45, 7) is 2.70. The number of para-hydroxylation sites is 1.